The summed E-state index contributed by atoms with van der Waals surface area (Å²) in [5, 5.41) is 0. The van der Waals surface area contributed by atoms with E-state index in [1.165, 1.54) is 11.1 Å². The van der Waals surface area contributed by atoms with Gasteiger partial charge >= 0.3 is 0 Å². The molecule has 16 heavy (non-hydrogen) atoms. The van der Waals surface area contributed by atoms with Crippen LogP contribution in [0.4, 0.5) is 0 Å². The van der Waals surface area contributed by atoms with Crippen molar-refractivity contribution in [2.45, 2.75) is 39.5 Å². The van der Waals surface area contributed by atoms with Crippen LogP contribution in [-0.2, 0) is 11.3 Å². The van der Waals surface area contributed by atoms with Gasteiger partial charge in [-0.2, -0.15) is 0 Å². The molecule has 2 rings (SSSR count). The van der Waals surface area contributed by atoms with E-state index in [4.69, 9.17) is 4.74 Å². The maximum atomic E-state index is 5.74. The maximum absolute atomic E-state index is 5.74. The second-order valence-electron chi connectivity index (χ2n) is 4.88. The van der Waals surface area contributed by atoms with Gasteiger partial charge in [0.15, 0.2) is 0 Å². The summed E-state index contributed by atoms with van der Waals surface area (Å²) in [5.74, 6) is 0. The van der Waals surface area contributed by atoms with Gasteiger partial charge in [-0.05, 0) is 31.9 Å². The number of ether oxygens (including phenoxy) is 1. The third-order valence-corrected chi connectivity index (χ3v) is 3.15. The summed E-state index contributed by atoms with van der Waals surface area (Å²) in [5.41, 5.74) is 2.82. The fourth-order valence-electron chi connectivity index (χ4n) is 2.44. The Kier molecular flexibility index (Phi) is 3.62. The van der Waals surface area contributed by atoms with Crippen LogP contribution in [-0.4, -0.2) is 30.2 Å². The van der Waals surface area contributed by atoms with Crippen LogP contribution in [0.2, 0.25) is 0 Å². The van der Waals surface area contributed by atoms with Crippen molar-refractivity contribution < 1.29 is 4.74 Å². The fraction of sp³-hybridized carbons (Fsp3) is 0.571. The standard InChI is InChI=1S/C14H21NO/c1-11-6-4-5-7-14(11)10-15-8-12(2)16-13(3)9-15/h4-7,12-13H,8-10H2,1-3H3/t12-,13-/m1/s1. The van der Waals surface area contributed by atoms with E-state index in [1.807, 2.05) is 0 Å². The predicted octanol–water partition coefficient (Wildman–Crippen LogP) is 2.60. The van der Waals surface area contributed by atoms with Crippen molar-refractivity contribution in [3.8, 4) is 0 Å². The number of rotatable bonds is 2. The molecule has 0 radical (unpaired) electrons. The van der Waals surface area contributed by atoms with Crippen molar-refractivity contribution in [1.29, 1.82) is 0 Å². The summed E-state index contributed by atoms with van der Waals surface area (Å²) >= 11 is 0. The first-order valence-electron chi connectivity index (χ1n) is 6.07. The Hall–Kier alpha value is -0.860. The van der Waals surface area contributed by atoms with E-state index in [2.05, 4.69) is 49.9 Å². The highest BCUT2D eigenvalue weighted by Gasteiger charge is 2.22. The molecule has 0 unspecified atom stereocenters. The topological polar surface area (TPSA) is 12.5 Å². The second kappa shape index (κ2) is 4.98. The molecule has 1 fully saturated rings. The molecule has 0 bridgehead atoms. The summed E-state index contributed by atoms with van der Waals surface area (Å²) < 4.78 is 5.74. The maximum Gasteiger partial charge on any atom is 0.0678 e. The fourth-order valence-corrected chi connectivity index (χ4v) is 2.44. The van der Waals surface area contributed by atoms with Gasteiger partial charge in [-0.3, -0.25) is 4.90 Å². The first kappa shape index (κ1) is 11.6. The van der Waals surface area contributed by atoms with Crippen molar-refractivity contribution in [3.63, 3.8) is 0 Å². The third kappa shape index (κ3) is 2.83. The lowest BCUT2D eigenvalue weighted by atomic mass is 10.1. The molecule has 1 heterocycles. The van der Waals surface area contributed by atoms with E-state index in [0.717, 1.165) is 19.6 Å². The summed E-state index contributed by atoms with van der Waals surface area (Å²) in [6.07, 6.45) is 0.709. The Bertz CT molecular complexity index is 340. The van der Waals surface area contributed by atoms with Crippen LogP contribution in [0.3, 0.4) is 0 Å². The molecule has 1 aliphatic rings. The van der Waals surface area contributed by atoms with Crippen LogP contribution in [0.25, 0.3) is 0 Å². The van der Waals surface area contributed by atoms with E-state index < -0.39 is 0 Å². The van der Waals surface area contributed by atoms with Crippen molar-refractivity contribution in [2.24, 2.45) is 0 Å². The van der Waals surface area contributed by atoms with Crippen molar-refractivity contribution in [1.82, 2.24) is 4.90 Å². The molecule has 1 aromatic rings. The molecular weight excluding hydrogens is 198 g/mol. The van der Waals surface area contributed by atoms with Gasteiger partial charge in [0.05, 0.1) is 12.2 Å². The van der Waals surface area contributed by atoms with Crippen LogP contribution in [0.5, 0.6) is 0 Å². The first-order valence-corrected chi connectivity index (χ1v) is 6.07. The number of nitrogens with zero attached hydrogens (tertiary/aromatic N) is 1. The SMILES string of the molecule is Cc1ccccc1CN1C[C@@H](C)O[C@H](C)C1. The summed E-state index contributed by atoms with van der Waals surface area (Å²) in [6.45, 7) is 9.62. The van der Waals surface area contributed by atoms with Gasteiger partial charge in [-0.15, -0.1) is 0 Å². The van der Waals surface area contributed by atoms with Crippen LogP contribution in [0, 0.1) is 6.92 Å². The molecule has 0 aromatic heterocycles. The lowest BCUT2D eigenvalue weighted by Gasteiger charge is -2.35. The summed E-state index contributed by atoms with van der Waals surface area (Å²) in [4.78, 5) is 2.49. The zero-order chi connectivity index (χ0) is 11.5. The Morgan fingerprint density at radius 3 is 2.44 bits per heavy atom. The van der Waals surface area contributed by atoms with Crippen molar-refractivity contribution in [3.05, 3.63) is 35.4 Å². The average molecular weight is 219 g/mol. The van der Waals surface area contributed by atoms with Gasteiger partial charge in [-0.25, -0.2) is 0 Å². The first-order chi connectivity index (χ1) is 7.65. The molecule has 0 N–H and O–H groups in total. The Morgan fingerprint density at radius 1 is 1.19 bits per heavy atom. The molecule has 2 nitrogen and oxygen atoms in total. The van der Waals surface area contributed by atoms with Crippen molar-refractivity contribution in [2.75, 3.05) is 13.1 Å². The Labute approximate surface area is 98.2 Å². The number of hydrogen-bond donors (Lipinski definition) is 0. The average Bonchev–Trinajstić information content (AvgIpc) is 2.20. The molecule has 0 saturated carbocycles. The second-order valence-corrected chi connectivity index (χ2v) is 4.88. The van der Waals surface area contributed by atoms with Crippen LogP contribution >= 0.6 is 0 Å². The van der Waals surface area contributed by atoms with E-state index in [-0.39, 0.29) is 0 Å². The normalized spacial score (nSPS) is 26.9. The smallest absolute Gasteiger partial charge is 0.0678 e. The lowest BCUT2D eigenvalue weighted by molar-refractivity contribution is -0.0705. The predicted molar refractivity (Wildman–Crippen MR) is 66.5 cm³/mol. The molecule has 88 valence electrons. The molecule has 1 aliphatic heterocycles. The molecular formula is C14H21NO. The largest absolute Gasteiger partial charge is 0.373 e. The van der Waals surface area contributed by atoms with Crippen LogP contribution < -0.4 is 0 Å². The highest BCUT2D eigenvalue weighted by Crippen LogP contribution is 2.16. The number of benzene rings is 1. The molecule has 0 spiro atoms. The number of hydrogen-bond acceptors (Lipinski definition) is 2. The molecule has 1 saturated heterocycles. The zero-order valence-electron chi connectivity index (χ0n) is 10.4. The highest BCUT2D eigenvalue weighted by atomic mass is 16.5. The molecule has 1 aromatic carbocycles. The lowest BCUT2D eigenvalue weighted by Crippen LogP contribution is -2.44. The summed E-state index contributed by atoms with van der Waals surface area (Å²) in [6, 6.07) is 8.63. The summed E-state index contributed by atoms with van der Waals surface area (Å²) in [7, 11) is 0. The zero-order valence-corrected chi connectivity index (χ0v) is 10.4. The molecule has 2 atom stereocenters. The van der Waals surface area contributed by atoms with Gasteiger partial charge in [0.1, 0.15) is 0 Å². The minimum Gasteiger partial charge on any atom is -0.373 e. The van der Waals surface area contributed by atoms with Crippen LogP contribution in [0.1, 0.15) is 25.0 Å². The van der Waals surface area contributed by atoms with E-state index in [1.54, 1.807) is 0 Å². The van der Waals surface area contributed by atoms with Crippen molar-refractivity contribution >= 4 is 0 Å². The van der Waals surface area contributed by atoms with Gasteiger partial charge < -0.3 is 4.74 Å². The van der Waals surface area contributed by atoms with Gasteiger partial charge in [0, 0.05) is 19.6 Å². The number of morpholine rings is 1. The molecule has 0 amide bonds. The molecule has 0 aliphatic carbocycles. The third-order valence-electron chi connectivity index (χ3n) is 3.15. The van der Waals surface area contributed by atoms with Gasteiger partial charge in [0.2, 0.25) is 0 Å². The highest BCUT2D eigenvalue weighted by molar-refractivity contribution is 5.25. The minimum atomic E-state index is 0.354. The minimum absolute atomic E-state index is 0.354. The van der Waals surface area contributed by atoms with E-state index in [9.17, 15) is 0 Å². The Morgan fingerprint density at radius 2 is 1.81 bits per heavy atom. The van der Waals surface area contributed by atoms with Gasteiger partial charge in [-0.1, -0.05) is 24.3 Å². The monoisotopic (exact) mass is 219 g/mol. The quantitative estimate of drug-likeness (QED) is 0.758. The number of aryl methyl sites for hydroxylation is 1. The van der Waals surface area contributed by atoms with E-state index in [0.29, 0.717) is 12.2 Å². The molecule has 2 heteroatoms. The van der Waals surface area contributed by atoms with Gasteiger partial charge in [0.25, 0.3) is 0 Å². The van der Waals surface area contributed by atoms with E-state index >= 15 is 0 Å². The Balaban J connectivity index is 2.02. The van der Waals surface area contributed by atoms with Crippen LogP contribution in [0.15, 0.2) is 24.3 Å².